The monoisotopic (exact) mass is 323 g/mol. The smallest absolute Gasteiger partial charge is 0.156 e. The van der Waals surface area contributed by atoms with Gasteiger partial charge in [0.2, 0.25) is 0 Å². The minimum atomic E-state index is 0.508. The Hall–Kier alpha value is -1.29. The highest BCUT2D eigenvalue weighted by Crippen LogP contribution is 2.39. The third-order valence-electron chi connectivity index (χ3n) is 2.83. The fourth-order valence-electron chi connectivity index (χ4n) is 1.96. The van der Waals surface area contributed by atoms with Crippen LogP contribution in [0.25, 0.3) is 20.8 Å². The maximum atomic E-state index is 6.23. The van der Waals surface area contributed by atoms with Crippen molar-refractivity contribution in [2.75, 3.05) is 6.61 Å². The van der Waals surface area contributed by atoms with Crippen molar-refractivity contribution in [2.45, 2.75) is 6.92 Å². The average molecular weight is 324 g/mol. The number of para-hydroxylation sites is 1. The quantitative estimate of drug-likeness (QED) is 0.619. The van der Waals surface area contributed by atoms with E-state index >= 15 is 0 Å². The summed E-state index contributed by atoms with van der Waals surface area (Å²) >= 11 is 14.1. The first-order valence-corrected chi connectivity index (χ1v) is 7.74. The minimum Gasteiger partial charge on any atom is -0.491 e. The lowest BCUT2D eigenvalue weighted by Gasteiger charge is -2.09. The van der Waals surface area contributed by atoms with E-state index in [1.807, 2.05) is 43.3 Å². The van der Waals surface area contributed by atoms with Crippen molar-refractivity contribution in [3.63, 3.8) is 0 Å². The van der Waals surface area contributed by atoms with Crippen LogP contribution in [-0.4, -0.2) is 11.6 Å². The second-order valence-electron chi connectivity index (χ2n) is 4.19. The summed E-state index contributed by atoms with van der Waals surface area (Å²) in [7, 11) is 0. The van der Waals surface area contributed by atoms with Crippen LogP contribution >= 0.6 is 34.5 Å². The first kappa shape index (κ1) is 13.7. The Morgan fingerprint density at radius 2 is 1.85 bits per heavy atom. The van der Waals surface area contributed by atoms with E-state index in [2.05, 4.69) is 4.98 Å². The number of halogens is 2. The number of thiazole rings is 1. The highest BCUT2D eigenvalue weighted by Gasteiger charge is 2.13. The predicted molar refractivity (Wildman–Crippen MR) is 86.2 cm³/mol. The molecule has 102 valence electrons. The van der Waals surface area contributed by atoms with E-state index in [4.69, 9.17) is 27.9 Å². The van der Waals surface area contributed by atoms with Crippen molar-refractivity contribution < 1.29 is 4.74 Å². The van der Waals surface area contributed by atoms with Crippen LogP contribution in [0.2, 0.25) is 10.0 Å². The van der Waals surface area contributed by atoms with Gasteiger partial charge in [-0.05, 0) is 31.2 Å². The molecule has 2 nitrogen and oxygen atoms in total. The predicted octanol–water partition coefficient (Wildman–Crippen LogP) is 5.67. The van der Waals surface area contributed by atoms with Crippen LogP contribution in [0, 0.1) is 0 Å². The average Bonchev–Trinajstić information content (AvgIpc) is 2.86. The van der Waals surface area contributed by atoms with Gasteiger partial charge in [-0.2, -0.15) is 0 Å². The molecule has 0 saturated carbocycles. The summed E-state index contributed by atoms with van der Waals surface area (Å²) in [5, 5.41) is 1.92. The van der Waals surface area contributed by atoms with E-state index in [0.29, 0.717) is 22.4 Å². The number of aromatic nitrogens is 1. The standard InChI is InChI=1S/C15H11Cl2NOS/c1-2-19-14-10(16)7-9(8-11(14)17)15-18-12-5-3-4-6-13(12)20-15/h3-8H,2H2,1H3. The van der Waals surface area contributed by atoms with E-state index in [1.165, 1.54) is 0 Å². The zero-order valence-electron chi connectivity index (χ0n) is 10.7. The molecule has 0 amide bonds. The lowest BCUT2D eigenvalue weighted by molar-refractivity contribution is 0.340. The van der Waals surface area contributed by atoms with Crippen molar-refractivity contribution in [3.8, 4) is 16.3 Å². The number of nitrogens with zero attached hydrogens (tertiary/aromatic N) is 1. The highest BCUT2D eigenvalue weighted by molar-refractivity contribution is 7.21. The van der Waals surface area contributed by atoms with Gasteiger partial charge in [-0.15, -0.1) is 11.3 Å². The van der Waals surface area contributed by atoms with Gasteiger partial charge in [-0.25, -0.2) is 4.98 Å². The zero-order valence-corrected chi connectivity index (χ0v) is 13.0. The molecule has 0 aliphatic heterocycles. The van der Waals surface area contributed by atoms with Crippen LogP contribution in [0.4, 0.5) is 0 Å². The normalized spacial score (nSPS) is 10.9. The van der Waals surface area contributed by atoms with Crippen LogP contribution < -0.4 is 4.74 Å². The topological polar surface area (TPSA) is 22.1 Å². The summed E-state index contributed by atoms with van der Waals surface area (Å²) in [6.45, 7) is 2.42. The van der Waals surface area contributed by atoms with Crippen LogP contribution in [0.15, 0.2) is 36.4 Å². The molecule has 3 aromatic rings. The Morgan fingerprint density at radius 1 is 1.15 bits per heavy atom. The lowest BCUT2D eigenvalue weighted by Crippen LogP contribution is -1.93. The fraction of sp³-hybridized carbons (Fsp3) is 0.133. The molecule has 1 heterocycles. The fourth-order valence-corrected chi connectivity index (χ4v) is 3.51. The van der Waals surface area contributed by atoms with Gasteiger partial charge in [0.05, 0.1) is 26.9 Å². The molecule has 0 atom stereocenters. The van der Waals surface area contributed by atoms with Gasteiger partial charge in [0, 0.05) is 5.56 Å². The highest BCUT2D eigenvalue weighted by atomic mass is 35.5. The zero-order chi connectivity index (χ0) is 14.1. The molecule has 0 spiro atoms. The minimum absolute atomic E-state index is 0.508. The Balaban J connectivity index is 2.10. The number of fused-ring (bicyclic) bond motifs is 1. The summed E-state index contributed by atoms with van der Waals surface area (Å²) in [5.74, 6) is 0.528. The van der Waals surface area contributed by atoms with Gasteiger partial charge in [0.25, 0.3) is 0 Å². The molecule has 0 saturated heterocycles. The largest absolute Gasteiger partial charge is 0.491 e. The summed E-state index contributed by atoms with van der Waals surface area (Å²) in [4.78, 5) is 4.60. The Kier molecular flexibility index (Phi) is 3.83. The molecule has 0 unspecified atom stereocenters. The van der Waals surface area contributed by atoms with Gasteiger partial charge in [-0.1, -0.05) is 35.3 Å². The maximum Gasteiger partial charge on any atom is 0.156 e. The van der Waals surface area contributed by atoms with E-state index in [0.717, 1.165) is 20.8 Å². The van der Waals surface area contributed by atoms with E-state index in [1.54, 1.807) is 11.3 Å². The maximum absolute atomic E-state index is 6.23. The van der Waals surface area contributed by atoms with Crippen LogP contribution in [0.5, 0.6) is 5.75 Å². The van der Waals surface area contributed by atoms with E-state index in [-0.39, 0.29) is 0 Å². The Morgan fingerprint density at radius 3 is 2.50 bits per heavy atom. The molecule has 0 radical (unpaired) electrons. The van der Waals surface area contributed by atoms with Crippen LogP contribution in [-0.2, 0) is 0 Å². The number of hydrogen-bond donors (Lipinski definition) is 0. The Bertz CT molecular complexity index is 713. The van der Waals surface area contributed by atoms with E-state index < -0.39 is 0 Å². The Labute approximate surface area is 130 Å². The van der Waals surface area contributed by atoms with Crippen molar-refractivity contribution in [1.82, 2.24) is 4.98 Å². The number of rotatable bonds is 3. The lowest BCUT2D eigenvalue weighted by atomic mass is 10.2. The molecular formula is C15H11Cl2NOS. The molecule has 0 bridgehead atoms. The van der Waals surface area contributed by atoms with Crippen molar-refractivity contribution in [1.29, 1.82) is 0 Å². The summed E-state index contributed by atoms with van der Waals surface area (Å²) in [6.07, 6.45) is 0. The first-order chi connectivity index (χ1) is 9.69. The molecule has 2 aromatic carbocycles. The molecule has 3 rings (SSSR count). The molecule has 1 aromatic heterocycles. The molecule has 0 N–H and O–H groups in total. The summed E-state index contributed by atoms with van der Waals surface area (Å²) < 4.78 is 6.58. The third-order valence-corrected chi connectivity index (χ3v) is 4.47. The third kappa shape index (κ3) is 2.49. The molecule has 0 aliphatic rings. The number of hydrogen-bond acceptors (Lipinski definition) is 3. The SMILES string of the molecule is CCOc1c(Cl)cc(-c2nc3ccccc3s2)cc1Cl. The van der Waals surface area contributed by atoms with Gasteiger partial charge < -0.3 is 4.74 Å². The van der Waals surface area contributed by atoms with Crippen molar-refractivity contribution in [3.05, 3.63) is 46.4 Å². The van der Waals surface area contributed by atoms with Crippen molar-refractivity contribution >= 4 is 44.8 Å². The van der Waals surface area contributed by atoms with Crippen LogP contribution in [0.3, 0.4) is 0 Å². The van der Waals surface area contributed by atoms with Crippen molar-refractivity contribution in [2.24, 2.45) is 0 Å². The molecule has 5 heteroatoms. The first-order valence-electron chi connectivity index (χ1n) is 6.17. The van der Waals surface area contributed by atoms with Gasteiger partial charge in [0.15, 0.2) is 5.75 Å². The van der Waals surface area contributed by atoms with Gasteiger partial charge in [0.1, 0.15) is 5.01 Å². The number of ether oxygens (including phenoxy) is 1. The second-order valence-corrected chi connectivity index (χ2v) is 6.03. The molecule has 0 aliphatic carbocycles. The van der Waals surface area contributed by atoms with Crippen LogP contribution in [0.1, 0.15) is 6.92 Å². The summed E-state index contributed by atoms with van der Waals surface area (Å²) in [6, 6.07) is 11.7. The van der Waals surface area contributed by atoms with Gasteiger partial charge in [-0.3, -0.25) is 0 Å². The second kappa shape index (κ2) is 5.60. The van der Waals surface area contributed by atoms with Gasteiger partial charge >= 0.3 is 0 Å². The summed E-state index contributed by atoms with van der Waals surface area (Å²) in [5.41, 5.74) is 1.89. The van der Waals surface area contributed by atoms with E-state index in [9.17, 15) is 0 Å². The molecule has 0 fully saturated rings. The molecular weight excluding hydrogens is 313 g/mol. The number of benzene rings is 2. The molecule has 20 heavy (non-hydrogen) atoms.